The normalized spacial score (nSPS) is 13.3. The summed E-state index contributed by atoms with van der Waals surface area (Å²) in [6.07, 6.45) is 0.000930. The Hall–Kier alpha value is -2.08. The molecule has 0 fully saturated rings. The van der Waals surface area contributed by atoms with Crippen LogP contribution in [-0.2, 0) is 9.59 Å². The molecule has 0 radical (unpaired) electrons. The van der Waals surface area contributed by atoms with Crippen LogP contribution >= 0.6 is 0 Å². The van der Waals surface area contributed by atoms with Gasteiger partial charge in [-0.05, 0) is 19.4 Å². The van der Waals surface area contributed by atoms with E-state index in [4.69, 9.17) is 15.6 Å². The molecule has 21 heavy (non-hydrogen) atoms. The molecule has 1 aromatic rings. The maximum absolute atomic E-state index is 12.2. The number of carboxylic acids is 1. The van der Waals surface area contributed by atoms with Crippen molar-refractivity contribution in [3.05, 3.63) is 29.8 Å². The van der Waals surface area contributed by atoms with Crippen LogP contribution in [0.15, 0.2) is 24.3 Å². The predicted octanol–water partition coefficient (Wildman–Crippen LogP) is 1.41. The third kappa shape index (κ3) is 4.46. The number of ether oxygens (including phenoxy) is 1. The Morgan fingerprint density at radius 1 is 1.38 bits per heavy atom. The minimum Gasteiger partial charge on any atom is -0.496 e. The molecule has 0 aliphatic carbocycles. The first kappa shape index (κ1) is 17.0. The molecule has 0 heterocycles. The summed E-state index contributed by atoms with van der Waals surface area (Å²) in [5.41, 5.74) is 6.64. The van der Waals surface area contributed by atoms with Crippen molar-refractivity contribution in [1.82, 2.24) is 4.90 Å². The minimum atomic E-state index is -0.960. The highest BCUT2D eigenvalue weighted by molar-refractivity contribution is 5.82. The van der Waals surface area contributed by atoms with Crippen molar-refractivity contribution in [3.8, 4) is 5.75 Å². The van der Waals surface area contributed by atoms with Gasteiger partial charge < -0.3 is 20.5 Å². The van der Waals surface area contributed by atoms with E-state index in [1.807, 2.05) is 31.2 Å². The maximum Gasteiger partial charge on any atom is 0.303 e. The van der Waals surface area contributed by atoms with E-state index in [2.05, 4.69) is 0 Å². The Morgan fingerprint density at radius 2 is 2.00 bits per heavy atom. The maximum atomic E-state index is 12.2. The van der Waals surface area contributed by atoms with Gasteiger partial charge in [-0.15, -0.1) is 0 Å². The fourth-order valence-corrected chi connectivity index (χ4v) is 2.08. The zero-order chi connectivity index (χ0) is 16.0. The number of para-hydroxylation sites is 1. The van der Waals surface area contributed by atoms with Crippen molar-refractivity contribution in [2.45, 2.75) is 31.8 Å². The van der Waals surface area contributed by atoms with Crippen LogP contribution < -0.4 is 10.5 Å². The van der Waals surface area contributed by atoms with E-state index in [1.54, 1.807) is 14.2 Å². The summed E-state index contributed by atoms with van der Waals surface area (Å²) in [6.45, 7) is 1.87. The van der Waals surface area contributed by atoms with Gasteiger partial charge in [0, 0.05) is 19.0 Å². The molecule has 0 saturated heterocycles. The van der Waals surface area contributed by atoms with Gasteiger partial charge >= 0.3 is 5.97 Å². The Labute approximate surface area is 124 Å². The molecule has 0 bridgehead atoms. The SMILES string of the molecule is COc1ccccc1C(C)N(C)C(=O)C(N)CCC(=O)O. The topological polar surface area (TPSA) is 92.9 Å². The Bertz CT molecular complexity index is 504. The van der Waals surface area contributed by atoms with Crippen molar-refractivity contribution in [2.24, 2.45) is 5.73 Å². The Morgan fingerprint density at radius 3 is 2.57 bits per heavy atom. The van der Waals surface area contributed by atoms with Gasteiger partial charge in [0.05, 0.1) is 19.2 Å². The highest BCUT2D eigenvalue weighted by Gasteiger charge is 2.24. The van der Waals surface area contributed by atoms with E-state index in [-0.39, 0.29) is 24.8 Å². The summed E-state index contributed by atoms with van der Waals surface area (Å²) >= 11 is 0. The summed E-state index contributed by atoms with van der Waals surface area (Å²) in [5, 5.41) is 8.64. The molecule has 1 rings (SSSR count). The number of aliphatic carboxylic acids is 1. The number of rotatable bonds is 7. The largest absolute Gasteiger partial charge is 0.496 e. The van der Waals surface area contributed by atoms with Gasteiger partial charge in [-0.3, -0.25) is 9.59 Å². The molecule has 116 valence electrons. The van der Waals surface area contributed by atoms with Gasteiger partial charge in [0.1, 0.15) is 5.75 Å². The first-order valence-corrected chi connectivity index (χ1v) is 6.75. The number of benzene rings is 1. The highest BCUT2D eigenvalue weighted by Crippen LogP contribution is 2.28. The summed E-state index contributed by atoms with van der Waals surface area (Å²) in [5.74, 6) is -0.544. The third-order valence-electron chi connectivity index (χ3n) is 3.50. The molecule has 2 unspecified atom stereocenters. The number of methoxy groups -OCH3 is 1. The number of carboxylic acid groups (broad SMARTS) is 1. The Balaban J connectivity index is 2.79. The lowest BCUT2D eigenvalue weighted by atomic mass is 10.0. The molecule has 6 nitrogen and oxygen atoms in total. The lowest BCUT2D eigenvalue weighted by molar-refractivity contribution is -0.137. The second kappa shape index (κ2) is 7.64. The highest BCUT2D eigenvalue weighted by atomic mass is 16.5. The lowest BCUT2D eigenvalue weighted by Crippen LogP contribution is -2.43. The van der Waals surface area contributed by atoms with Crippen molar-refractivity contribution in [3.63, 3.8) is 0 Å². The van der Waals surface area contributed by atoms with Crippen molar-refractivity contribution < 1.29 is 19.4 Å². The van der Waals surface area contributed by atoms with E-state index in [9.17, 15) is 9.59 Å². The number of nitrogens with two attached hydrogens (primary N) is 1. The van der Waals surface area contributed by atoms with E-state index in [0.29, 0.717) is 5.75 Å². The van der Waals surface area contributed by atoms with E-state index >= 15 is 0 Å². The molecule has 0 aromatic heterocycles. The van der Waals surface area contributed by atoms with Crippen molar-refractivity contribution >= 4 is 11.9 Å². The van der Waals surface area contributed by atoms with Gasteiger partial charge in [-0.25, -0.2) is 0 Å². The fourth-order valence-electron chi connectivity index (χ4n) is 2.08. The molecule has 0 aliphatic heterocycles. The molecule has 1 aromatic carbocycles. The molecular formula is C15H22N2O4. The smallest absolute Gasteiger partial charge is 0.303 e. The predicted molar refractivity (Wildman–Crippen MR) is 79.0 cm³/mol. The van der Waals surface area contributed by atoms with Crippen LogP contribution in [0.4, 0.5) is 0 Å². The summed E-state index contributed by atoms with van der Waals surface area (Å²) in [7, 11) is 3.23. The summed E-state index contributed by atoms with van der Waals surface area (Å²) < 4.78 is 5.29. The number of carbonyl (C=O) groups excluding carboxylic acids is 1. The average molecular weight is 294 g/mol. The van der Waals surface area contributed by atoms with Gasteiger partial charge in [-0.2, -0.15) is 0 Å². The van der Waals surface area contributed by atoms with Crippen LogP contribution in [0.3, 0.4) is 0 Å². The van der Waals surface area contributed by atoms with Gasteiger partial charge in [0.15, 0.2) is 0 Å². The number of hydrogen-bond acceptors (Lipinski definition) is 4. The van der Waals surface area contributed by atoms with Crippen LogP contribution in [-0.4, -0.2) is 42.1 Å². The molecule has 0 spiro atoms. The summed E-state index contributed by atoms with van der Waals surface area (Å²) in [6, 6.07) is 6.41. The molecule has 0 aliphatic rings. The lowest BCUT2D eigenvalue weighted by Gasteiger charge is -2.28. The van der Waals surface area contributed by atoms with Crippen LogP contribution in [0.5, 0.6) is 5.75 Å². The first-order valence-electron chi connectivity index (χ1n) is 6.75. The van der Waals surface area contributed by atoms with Crippen LogP contribution in [0.25, 0.3) is 0 Å². The molecule has 0 saturated carbocycles. The number of likely N-dealkylation sites (N-methyl/N-ethyl adjacent to an activating group) is 1. The zero-order valence-electron chi connectivity index (χ0n) is 12.6. The number of carbonyl (C=O) groups is 2. The average Bonchev–Trinajstić information content (AvgIpc) is 2.50. The number of hydrogen-bond donors (Lipinski definition) is 2. The van der Waals surface area contributed by atoms with Crippen LogP contribution in [0, 0.1) is 0 Å². The summed E-state index contributed by atoms with van der Waals surface area (Å²) in [4.78, 5) is 24.3. The van der Waals surface area contributed by atoms with Crippen LogP contribution in [0.2, 0.25) is 0 Å². The quantitative estimate of drug-likeness (QED) is 0.793. The van der Waals surface area contributed by atoms with Crippen LogP contribution in [0.1, 0.15) is 31.4 Å². The van der Waals surface area contributed by atoms with Crippen molar-refractivity contribution in [2.75, 3.05) is 14.2 Å². The fraction of sp³-hybridized carbons (Fsp3) is 0.467. The van der Waals surface area contributed by atoms with E-state index in [0.717, 1.165) is 5.56 Å². The first-order chi connectivity index (χ1) is 9.88. The number of amides is 1. The standard InChI is InChI=1S/C15H22N2O4/c1-10(11-6-4-5-7-13(11)21-3)17(2)15(20)12(16)8-9-14(18)19/h4-7,10,12H,8-9,16H2,1-3H3,(H,18,19). The minimum absolute atomic E-state index is 0.121. The van der Waals surface area contributed by atoms with E-state index < -0.39 is 12.0 Å². The molecular weight excluding hydrogens is 272 g/mol. The second-order valence-electron chi connectivity index (χ2n) is 4.91. The van der Waals surface area contributed by atoms with Crippen molar-refractivity contribution in [1.29, 1.82) is 0 Å². The molecule has 1 amide bonds. The molecule has 2 atom stereocenters. The molecule has 6 heteroatoms. The number of nitrogens with zero attached hydrogens (tertiary/aromatic N) is 1. The third-order valence-corrected chi connectivity index (χ3v) is 3.50. The molecule has 3 N–H and O–H groups in total. The van der Waals surface area contributed by atoms with Gasteiger partial charge in [0.25, 0.3) is 0 Å². The Kier molecular flexibility index (Phi) is 6.17. The second-order valence-corrected chi connectivity index (χ2v) is 4.91. The van der Waals surface area contributed by atoms with Gasteiger partial charge in [0.2, 0.25) is 5.91 Å². The van der Waals surface area contributed by atoms with E-state index in [1.165, 1.54) is 4.90 Å². The zero-order valence-corrected chi connectivity index (χ0v) is 12.6. The monoisotopic (exact) mass is 294 g/mol. The van der Waals surface area contributed by atoms with Gasteiger partial charge in [-0.1, -0.05) is 18.2 Å².